The minimum absolute atomic E-state index is 0.200. The number of nitrogens with two attached hydrogens (primary N) is 1. The Kier molecular flexibility index (Phi) is 8.94. The molecule has 0 unspecified atom stereocenters. The van der Waals surface area contributed by atoms with Gasteiger partial charge in [-0.05, 0) is 48.0 Å². The Labute approximate surface area is 235 Å². The predicted molar refractivity (Wildman–Crippen MR) is 159 cm³/mol. The van der Waals surface area contributed by atoms with Gasteiger partial charge in [0.05, 0.1) is 34.8 Å². The van der Waals surface area contributed by atoms with Crippen molar-refractivity contribution in [2.24, 2.45) is 0 Å². The fraction of sp³-hybridized carbons (Fsp3) is 0.250. The van der Waals surface area contributed by atoms with E-state index in [0.717, 1.165) is 64.4 Å². The van der Waals surface area contributed by atoms with Crippen LogP contribution in [0.15, 0.2) is 71.1 Å². The Bertz CT molecular complexity index is 1440. The van der Waals surface area contributed by atoms with Gasteiger partial charge in [0.2, 0.25) is 0 Å². The zero-order valence-corrected chi connectivity index (χ0v) is 22.9. The Morgan fingerprint density at radius 3 is 2.62 bits per heavy atom. The van der Waals surface area contributed by atoms with Crippen molar-refractivity contribution in [1.82, 2.24) is 15.2 Å². The molecule has 0 radical (unpaired) electrons. The van der Waals surface area contributed by atoms with Crippen LogP contribution in [0, 0.1) is 0 Å². The number of nitrogens with one attached hydrogen (secondary N) is 3. The molecule has 0 saturated carbocycles. The second-order valence-corrected chi connectivity index (χ2v) is 11.3. The summed E-state index contributed by atoms with van der Waals surface area (Å²) in [5.41, 5.74) is 10.3. The third-order valence-electron chi connectivity index (χ3n) is 6.23. The van der Waals surface area contributed by atoms with E-state index in [1.165, 1.54) is 0 Å². The maximum absolute atomic E-state index is 12.6. The van der Waals surface area contributed by atoms with Gasteiger partial charge in [0.25, 0.3) is 5.91 Å². The SMILES string of the molecule is Nc1ccccc1NC(=O)c1ccc(CSc2nc3ccc(NC(=O)NCCN4CCOCC4)cc3s2)cc1. The molecule has 1 aliphatic heterocycles. The molecule has 5 rings (SSSR count). The van der Waals surface area contributed by atoms with Gasteiger partial charge in [-0.3, -0.25) is 9.69 Å². The largest absolute Gasteiger partial charge is 0.397 e. The number of aromatic nitrogens is 1. The van der Waals surface area contributed by atoms with E-state index in [4.69, 9.17) is 15.5 Å². The third kappa shape index (κ3) is 7.48. The number of thioether (sulfide) groups is 1. The van der Waals surface area contributed by atoms with E-state index in [-0.39, 0.29) is 11.9 Å². The number of amides is 3. The first-order valence-electron chi connectivity index (χ1n) is 12.7. The van der Waals surface area contributed by atoms with Gasteiger partial charge in [-0.2, -0.15) is 0 Å². The molecule has 3 aromatic carbocycles. The molecule has 1 aromatic heterocycles. The molecule has 0 aliphatic carbocycles. The van der Waals surface area contributed by atoms with Crippen LogP contribution in [0.1, 0.15) is 15.9 Å². The van der Waals surface area contributed by atoms with Gasteiger partial charge in [0, 0.05) is 43.2 Å². The minimum atomic E-state index is -0.217. The van der Waals surface area contributed by atoms with E-state index in [1.54, 1.807) is 35.2 Å². The van der Waals surface area contributed by atoms with Crippen molar-refractivity contribution in [1.29, 1.82) is 0 Å². The lowest BCUT2D eigenvalue weighted by Crippen LogP contribution is -2.42. The van der Waals surface area contributed by atoms with Crippen LogP contribution < -0.4 is 21.7 Å². The molecular weight excluding hydrogens is 532 g/mol. The number of fused-ring (bicyclic) bond motifs is 1. The lowest BCUT2D eigenvalue weighted by Gasteiger charge is -2.26. The summed E-state index contributed by atoms with van der Waals surface area (Å²) in [7, 11) is 0. The topological polar surface area (TPSA) is 122 Å². The van der Waals surface area contributed by atoms with Crippen molar-refractivity contribution in [2.75, 3.05) is 55.8 Å². The monoisotopic (exact) mass is 562 g/mol. The highest BCUT2D eigenvalue weighted by Gasteiger charge is 2.12. The fourth-order valence-corrected chi connectivity index (χ4v) is 6.14. The highest BCUT2D eigenvalue weighted by atomic mass is 32.2. The molecule has 0 atom stereocenters. The summed E-state index contributed by atoms with van der Waals surface area (Å²) in [6, 6.07) is 20.2. The number of carbonyl (C=O) groups excluding carboxylic acids is 2. The maximum atomic E-state index is 12.6. The number of rotatable bonds is 9. The van der Waals surface area contributed by atoms with Crippen LogP contribution in [0.2, 0.25) is 0 Å². The summed E-state index contributed by atoms with van der Waals surface area (Å²) in [6.45, 7) is 4.69. The molecule has 3 amide bonds. The van der Waals surface area contributed by atoms with E-state index in [0.29, 0.717) is 23.5 Å². The molecule has 5 N–H and O–H groups in total. The molecule has 0 bridgehead atoms. The van der Waals surface area contributed by atoms with Crippen LogP contribution in [0.25, 0.3) is 10.2 Å². The van der Waals surface area contributed by atoms with Crippen molar-refractivity contribution >= 4 is 62.3 Å². The first-order valence-corrected chi connectivity index (χ1v) is 14.5. The van der Waals surface area contributed by atoms with Crippen molar-refractivity contribution in [3.05, 3.63) is 77.9 Å². The number of benzene rings is 3. The van der Waals surface area contributed by atoms with Gasteiger partial charge in [-0.1, -0.05) is 36.0 Å². The summed E-state index contributed by atoms with van der Waals surface area (Å²) in [5.74, 6) is 0.526. The summed E-state index contributed by atoms with van der Waals surface area (Å²) >= 11 is 3.23. The zero-order valence-electron chi connectivity index (χ0n) is 21.3. The van der Waals surface area contributed by atoms with E-state index in [2.05, 4.69) is 20.9 Å². The number of carbonyl (C=O) groups is 2. The van der Waals surface area contributed by atoms with Gasteiger partial charge >= 0.3 is 6.03 Å². The Balaban J connectivity index is 1.11. The quantitative estimate of drug-likeness (QED) is 0.170. The number of anilines is 3. The number of urea groups is 1. The first-order chi connectivity index (χ1) is 19.0. The highest BCUT2D eigenvalue weighted by Crippen LogP contribution is 2.33. The molecular formula is C28H30N6O3S2. The normalized spacial score (nSPS) is 13.7. The molecule has 202 valence electrons. The molecule has 2 heterocycles. The molecule has 1 fully saturated rings. The summed E-state index contributed by atoms with van der Waals surface area (Å²) in [6.07, 6.45) is 0. The maximum Gasteiger partial charge on any atom is 0.319 e. The Morgan fingerprint density at radius 2 is 1.82 bits per heavy atom. The highest BCUT2D eigenvalue weighted by molar-refractivity contribution is 8.00. The fourth-order valence-electron chi connectivity index (χ4n) is 4.07. The van der Waals surface area contributed by atoms with Crippen LogP contribution in [-0.2, 0) is 10.5 Å². The van der Waals surface area contributed by atoms with Crippen LogP contribution in [-0.4, -0.2) is 61.2 Å². The lowest BCUT2D eigenvalue weighted by atomic mass is 10.1. The predicted octanol–water partition coefficient (Wildman–Crippen LogP) is 4.88. The molecule has 11 heteroatoms. The smallest absolute Gasteiger partial charge is 0.319 e. The average Bonchev–Trinajstić information content (AvgIpc) is 3.36. The molecule has 39 heavy (non-hydrogen) atoms. The Hall–Kier alpha value is -3.64. The summed E-state index contributed by atoms with van der Waals surface area (Å²) in [4.78, 5) is 31.9. The Morgan fingerprint density at radius 1 is 1.03 bits per heavy atom. The number of thiazole rings is 1. The molecule has 9 nitrogen and oxygen atoms in total. The van der Waals surface area contributed by atoms with Gasteiger partial charge < -0.3 is 26.4 Å². The van der Waals surface area contributed by atoms with E-state index in [9.17, 15) is 9.59 Å². The van der Waals surface area contributed by atoms with Crippen molar-refractivity contribution < 1.29 is 14.3 Å². The van der Waals surface area contributed by atoms with E-state index >= 15 is 0 Å². The van der Waals surface area contributed by atoms with Crippen molar-refractivity contribution in [3.63, 3.8) is 0 Å². The minimum Gasteiger partial charge on any atom is -0.397 e. The van der Waals surface area contributed by atoms with Crippen LogP contribution in [0.3, 0.4) is 0 Å². The summed E-state index contributed by atoms with van der Waals surface area (Å²) in [5, 5.41) is 8.67. The van der Waals surface area contributed by atoms with Crippen molar-refractivity contribution in [2.45, 2.75) is 10.1 Å². The number of nitrogen functional groups attached to an aromatic ring is 1. The van der Waals surface area contributed by atoms with Gasteiger partial charge in [0.1, 0.15) is 0 Å². The third-order valence-corrected chi connectivity index (χ3v) is 8.46. The number of hydrogen-bond donors (Lipinski definition) is 4. The van der Waals surface area contributed by atoms with Gasteiger partial charge in [-0.15, -0.1) is 11.3 Å². The number of para-hydroxylation sites is 2. The van der Waals surface area contributed by atoms with E-state index < -0.39 is 0 Å². The van der Waals surface area contributed by atoms with Gasteiger partial charge in [-0.25, -0.2) is 9.78 Å². The average molecular weight is 563 g/mol. The second-order valence-electron chi connectivity index (χ2n) is 9.02. The summed E-state index contributed by atoms with van der Waals surface area (Å²) < 4.78 is 7.30. The standard InChI is InChI=1S/C28H30N6O3S2/c29-22-3-1-2-4-23(22)32-26(35)20-7-5-19(6-8-20)18-38-28-33-24-10-9-21(17-25(24)39-28)31-27(36)30-11-12-34-13-15-37-16-14-34/h1-10,17H,11-16,18,29H2,(H,32,35)(H2,30,31,36). The first kappa shape index (κ1) is 26.9. The molecule has 1 saturated heterocycles. The number of hydrogen-bond acceptors (Lipinski definition) is 8. The van der Waals surface area contributed by atoms with Crippen LogP contribution in [0.4, 0.5) is 21.9 Å². The molecule has 4 aromatic rings. The zero-order chi connectivity index (χ0) is 27.0. The van der Waals surface area contributed by atoms with Crippen LogP contribution >= 0.6 is 23.1 Å². The van der Waals surface area contributed by atoms with Crippen molar-refractivity contribution in [3.8, 4) is 0 Å². The number of ether oxygens (including phenoxy) is 1. The molecule has 1 aliphatic rings. The van der Waals surface area contributed by atoms with Gasteiger partial charge in [0.15, 0.2) is 4.34 Å². The molecule has 0 spiro atoms. The second kappa shape index (κ2) is 12.9. The number of morpholine rings is 1. The van der Waals surface area contributed by atoms with E-state index in [1.807, 2.05) is 54.6 Å². The lowest BCUT2D eigenvalue weighted by molar-refractivity contribution is 0.0388. The number of nitrogens with zero attached hydrogens (tertiary/aromatic N) is 2. The van der Waals surface area contributed by atoms with Crippen LogP contribution in [0.5, 0.6) is 0 Å².